The maximum absolute atomic E-state index is 5.56. The molecule has 1 aliphatic heterocycles. The van der Waals surface area contributed by atoms with E-state index in [0.29, 0.717) is 19.8 Å². The first kappa shape index (κ1) is 9.19. The molecule has 1 fully saturated rings. The minimum absolute atomic E-state index is 0.113. The van der Waals surface area contributed by atoms with Crippen LogP contribution in [0.5, 0.6) is 0 Å². The highest BCUT2D eigenvalue weighted by Crippen LogP contribution is 2.22. The summed E-state index contributed by atoms with van der Waals surface area (Å²) in [6.45, 7) is 2.08. The third-order valence-electron chi connectivity index (χ3n) is 2.06. The molecule has 1 heterocycles. The van der Waals surface area contributed by atoms with Crippen LogP contribution in [0.3, 0.4) is 0 Å². The van der Waals surface area contributed by atoms with Crippen molar-refractivity contribution in [3.05, 3.63) is 34.3 Å². The minimum Gasteiger partial charge on any atom is -0.376 e. The zero-order valence-corrected chi connectivity index (χ0v) is 8.79. The van der Waals surface area contributed by atoms with E-state index in [1.54, 1.807) is 0 Å². The van der Waals surface area contributed by atoms with Gasteiger partial charge < -0.3 is 9.47 Å². The molecular weight excluding hydrogens is 232 g/mol. The Kier molecular flexibility index (Phi) is 2.98. The Bertz CT molecular complexity index is 265. The summed E-state index contributed by atoms with van der Waals surface area (Å²) in [5.41, 5.74) is 1.18. The third kappa shape index (κ3) is 2.30. The fourth-order valence-corrected chi connectivity index (χ4v) is 1.62. The molecule has 1 aromatic rings. The van der Waals surface area contributed by atoms with E-state index in [1.807, 2.05) is 12.1 Å². The predicted molar refractivity (Wildman–Crippen MR) is 53.7 cm³/mol. The molecule has 3 heteroatoms. The van der Waals surface area contributed by atoms with Gasteiger partial charge in [0.2, 0.25) is 0 Å². The van der Waals surface area contributed by atoms with Crippen molar-refractivity contribution in [2.24, 2.45) is 0 Å². The molecule has 70 valence electrons. The fourth-order valence-electron chi connectivity index (χ4n) is 1.36. The Balaban J connectivity index is 2.10. The Morgan fingerprint density at radius 1 is 1.15 bits per heavy atom. The van der Waals surface area contributed by atoms with Gasteiger partial charge in [0, 0.05) is 4.47 Å². The number of hydrogen-bond acceptors (Lipinski definition) is 2. The first-order valence-corrected chi connectivity index (χ1v) is 5.10. The minimum atomic E-state index is 0.113. The predicted octanol–water partition coefficient (Wildman–Crippen LogP) is 2.54. The highest BCUT2D eigenvalue weighted by atomic mass is 79.9. The van der Waals surface area contributed by atoms with Gasteiger partial charge in [0.05, 0.1) is 19.8 Å². The Morgan fingerprint density at radius 3 is 2.54 bits per heavy atom. The van der Waals surface area contributed by atoms with Crippen LogP contribution in [-0.4, -0.2) is 19.8 Å². The second kappa shape index (κ2) is 4.22. The topological polar surface area (TPSA) is 18.5 Å². The first-order chi connectivity index (χ1) is 6.36. The summed E-state index contributed by atoms with van der Waals surface area (Å²) in [4.78, 5) is 0. The molecule has 0 bridgehead atoms. The lowest BCUT2D eigenvalue weighted by Gasteiger charge is -2.23. The maximum Gasteiger partial charge on any atom is 0.106 e. The molecule has 1 atom stereocenters. The Morgan fingerprint density at radius 2 is 1.92 bits per heavy atom. The zero-order chi connectivity index (χ0) is 9.10. The molecule has 1 aliphatic rings. The second-order valence-electron chi connectivity index (χ2n) is 2.99. The van der Waals surface area contributed by atoms with Crippen molar-refractivity contribution in [2.45, 2.75) is 6.10 Å². The standard InChI is InChI=1S/C10H11BrO2/c11-9-3-1-8(2-4-9)10-7-12-5-6-13-10/h1-4,10H,5-7H2/t10-/m1/s1. The van der Waals surface area contributed by atoms with Crippen LogP contribution in [0.25, 0.3) is 0 Å². The summed E-state index contributed by atoms with van der Waals surface area (Å²) in [6.07, 6.45) is 0.113. The highest BCUT2D eigenvalue weighted by Gasteiger charge is 2.15. The number of hydrogen-bond donors (Lipinski definition) is 0. The molecule has 1 aromatic carbocycles. The van der Waals surface area contributed by atoms with E-state index in [1.165, 1.54) is 5.56 Å². The van der Waals surface area contributed by atoms with Crippen molar-refractivity contribution in [3.63, 3.8) is 0 Å². The third-order valence-corrected chi connectivity index (χ3v) is 2.59. The molecule has 0 aromatic heterocycles. The van der Waals surface area contributed by atoms with Crippen LogP contribution in [0.2, 0.25) is 0 Å². The summed E-state index contributed by atoms with van der Waals surface area (Å²) in [5, 5.41) is 0. The van der Waals surface area contributed by atoms with Crippen LogP contribution in [0, 0.1) is 0 Å². The van der Waals surface area contributed by atoms with E-state index < -0.39 is 0 Å². The number of rotatable bonds is 1. The van der Waals surface area contributed by atoms with Gasteiger partial charge in [-0.05, 0) is 17.7 Å². The van der Waals surface area contributed by atoms with Crippen molar-refractivity contribution in [1.82, 2.24) is 0 Å². The largest absolute Gasteiger partial charge is 0.376 e. The van der Waals surface area contributed by atoms with Crippen LogP contribution in [-0.2, 0) is 9.47 Å². The number of ether oxygens (including phenoxy) is 2. The molecule has 0 saturated carbocycles. The van der Waals surface area contributed by atoms with Crippen LogP contribution in [0.4, 0.5) is 0 Å². The molecule has 0 aliphatic carbocycles. The SMILES string of the molecule is Brc1ccc([C@H]2COCCO2)cc1. The monoisotopic (exact) mass is 242 g/mol. The lowest BCUT2D eigenvalue weighted by Crippen LogP contribution is -2.21. The normalized spacial score (nSPS) is 23.0. The van der Waals surface area contributed by atoms with Gasteiger partial charge >= 0.3 is 0 Å². The van der Waals surface area contributed by atoms with E-state index in [4.69, 9.17) is 9.47 Å². The van der Waals surface area contributed by atoms with Crippen molar-refractivity contribution in [2.75, 3.05) is 19.8 Å². The molecule has 0 unspecified atom stereocenters. The van der Waals surface area contributed by atoms with E-state index in [-0.39, 0.29) is 6.10 Å². The lowest BCUT2D eigenvalue weighted by molar-refractivity contribution is -0.0901. The van der Waals surface area contributed by atoms with Crippen molar-refractivity contribution >= 4 is 15.9 Å². The van der Waals surface area contributed by atoms with Crippen molar-refractivity contribution < 1.29 is 9.47 Å². The maximum atomic E-state index is 5.56. The summed E-state index contributed by atoms with van der Waals surface area (Å²) in [5.74, 6) is 0. The van der Waals surface area contributed by atoms with Gasteiger partial charge in [-0.2, -0.15) is 0 Å². The van der Waals surface area contributed by atoms with Gasteiger partial charge in [-0.1, -0.05) is 28.1 Å². The second-order valence-corrected chi connectivity index (χ2v) is 3.90. The summed E-state index contributed by atoms with van der Waals surface area (Å²) < 4.78 is 12.0. The van der Waals surface area contributed by atoms with Crippen LogP contribution in [0.15, 0.2) is 28.7 Å². The number of halogens is 1. The van der Waals surface area contributed by atoms with E-state index >= 15 is 0 Å². The van der Waals surface area contributed by atoms with E-state index in [0.717, 1.165) is 4.47 Å². The van der Waals surface area contributed by atoms with E-state index in [2.05, 4.69) is 28.1 Å². The summed E-state index contributed by atoms with van der Waals surface area (Å²) in [7, 11) is 0. The van der Waals surface area contributed by atoms with Gasteiger partial charge in [-0.15, -0.1) is 0 Å². The van der Waals surface area contributed by atoms with Gasteiger partial charge in [0.25, 0.3) is 0 Å². The summed E-state index contributed by atoms with van der Waals surface area (Å²) in [6, 6.07) is 8.16. The van der Waals surface area contributed by atoms with Crippen molar-refractivity contribution in [1.29, 1.82) is 0 Å². The Labute approximate surface area is 86.0 Å². The van der Waals surface area contributed by atoms with E-state index in [9.17, 15) is 0 Å². The molecule has 2 rings (SSSR count). The molecule has 0 radical (unpaired) electrons. The molecule has 0 N–H and O–H groups in total. The van der Waals surface area contributed by atoms with Crippen LogP contribution >= 0.6 is 15.9 Å². The van der Waals surface area contributed by atoms with Gasteiger partial charge in [-0.3, -0.25) is 0 Å². The molecule has 0 amide bonds. The van der Waals surface area contributed by atoms with Gasteiger partial charge in [0.15, 0.2) is 0 Å². The van der Waals surface area contributed by atoms with Gasteiger partial charge in [0.1, 0.15) is 6.10 Å². The Hall–Kier alpha value is -0.380. The van der Waals surface area contributed by atoms with Crippen LogP contribution < -0.4 is 0 Å². The average Bonchev–Trinajstić information content (AvgIpc) is 2.20. The lowest BCUT2D eigenvalue weighted by atomic mass is 10.1. The smallest absolute Gasteiger partial charge is 0.106 e. The quantitative estimate of drug-likeness (QED) is 0.754. The van der Waals surface area contributed by atoms with Crippen molar-refractivity contribution in [3.8, 4) is 0 Å². The fraction of sp³-hybridized carbons (Fsp3) is 0.400. The first-order valence-electron chi connectivity index (χ1n) is 4.31. The molecule has 13 heavy (non-hydrogen) atoms. The highest BCUT2D eigenvalue weighted by molar-refractivity contribution is 9.10. The molecule has 1 saturated heterocycles. The average molecular weight is 243 g/mol. The molecule has 0 spiro atoms. The summed E-state index contributed by atoms with van der Waals surface area (Å²) >= 11 is 3.40. The molecule has 2 nitrogen and oxygen atoms in total. The zero-order valence-electron chi connectivity index (χ0n) is 7.20. The van der Waals surface area contributed by atoms with Crippen LogP contribution in [0.1, 0.15) is 11.7 Å². The number of benzene rings is 1. The van der Waals surface area contributed by atoms with Gasteiger partial charge in [-0.25, -0.2) is 0 Å². The molecular formula is C10H11BrO2.